The zero-order valence-corrected chi connectivity index (χ0v) is 12.1. The molecule has 1 aromatic rings. The predicted molar refractivity (Wildman–Crippen MR) is 78.8 cm³/mol. The van der Waals surface area contributed by atoms with Gasteiger partial charge in [0.25, 0.3) is 0 Å². The summed E-state index contributed by atoms with van der Waals surface area (Å²) in [4.78, 5) is 0. The number of aryl methyl sites for hydroxylation is 1. The van der Waals surface area contributed by atoms with Gasteiger partial charge in [-0.3, -0.25) is 0 Å². The molecule has 1 unspecified atom stereocenters. The first-order valence-electron chi connectivity index (χ1n) is 7.45. The highest BCUT2D eigenvalue weighted by Gasteiger charge is 2.31. The molecule has 1 aliphatic carbocycles. The van der Waals surface area contributed by atoms with Crippen LogP contribution in [0.5, 0.6) is 0 Å². The molecule has 1 atom stereocenters. The summed E-state index contributed by atoms with van der Waals surface area (Å²) in [6, 6.07) is 9.38. The van der Waals surface area contributed by atoms with E-state index in [0.717, 1.165) is 0 Å². The summed E-state index contributed by atoms with van der Waals surface area (Å²) >= 11 is 0. The normalized spacial score (nSPS) is 19.9. The van der Waals surface area contributed by atoms with Crippen molar-refractivity contribution in [3.05, 3.63) is 35.4 Å². The van der Waals surface area contributed by atoms with Crippen molar-refractivity contribution in [3.8, 4) is 0 Å². The van der Waals surface area contributed by atoms with Crippen LogP contribution in [0.2, 0.25) is 0 Å². The van der Waals surface area contributed by atoms with Crippen LogP contribution in [0.1, 0.15) is 63.1 Å². The summed E-state index contributed by atoms with van der Waals surface area (Å²) in [5.74, 6) is 0. The molecule has 1 N–H and O–H groups in total. The summed E-state index contributed by atoms with van der Waals surface area (Å²) < 4.78 is 0. The topological polar surface area (TPSA) is 12.0 Å². The van der Waals surface area contributed by atoms with E-state index in [0.29, 0.717) is 11.5 Å². The Morgan fingerprint density at radius 3 is 2.33 bits per heavy atom. The van der Waals surface area contributed by atoms with E-state index in [4.69, 9.17) is 0 Å². The molecule has 1 heteroatoms. The van der Waals surface area contributed by atoms with Crippen LogP contribution in [-0.2, 0) is 0 Å². The van der Waals surface area contributed by atoms with Crippen LogP contribution >= 0.6 is 0 Å². The Bertz CT molecular complexity index is 360. The standard InChI is InChI=1S/C17H27N/c1-4-17(11-5-6-12-17)13-18-15(3)16-9-7-14(2)8-10-16/h7-10,15,18H,4-6,11-13H2,1-3H3. The summed E-state index contributed by atoms with van der Waals surface area (Å²) in [6.45, 7) is 7.96. The minimum Gasteiger partial charge on any atom is -0.310 e. The highest BCUT2D eigenvalue weighted by atomic mass is 14.9. The van der Waals surface area contributed by atoms with Crippen LogP contribution in [0.4, 0.5) is 0 Å². The van der Waals surface area contributed by atoms with E-state index in [2.05, 4.69) is 50.4 Å². The predicted octanol–water partition coefficient (Wildman–Crippen LogP) is 4.62. The monoisotopic (exact) mass is 245 g/mol. The minimum absolute atomic E-state index is 0.467. The lowest BCUT2D eigenvalue weighted by Crippen LogP contribution is -2.33. The van der Waals surface area contributed by atoms with Crippen molar-refractivity contribution in [2.45, 2.75) is 58.9 Å². The molecule has 1 saturated carbocycles. The summed E-state index contributed by atoms with van der Waals surface area (Å²) in [6.07, 6.45) is 7.00. The van der Waals surface area contributed by atoms with Gasteiger partial charge in [0, 0.05) is 12.6 Å². The Morgan fingerprint density at radius 1 is 1.17 bits per heavy atom. The Kier molecular flexibility index (Phi) is 4.45. The molecule has 2 rings (SSSR count). The van der Waals surface area contributed by atoms with Gasteiger partial charge in [-0.2, -0.15) is 0 Å². The van der Waals surface area contributed by atoms with Gasteiger partial charge < -0.3 is 5.32 Å². The molecule has 0 radical (unpaired) electrons. The number of rotatable bonds is 5. The zero-order valence-electron chi connectivity index (χ0n) is 12.1. The smallest absolute Gasteiger partial charge is 0.0292 e. The van der Waals surface area contributed by atoms with Crippen LogP contribution in [-0.4, -0.2) is 6.54 Å². The van der Waals surface area contributed by atoms with Gasteiger partial charge in [-0.15, -0.1) is 0 Å². The van der Waals surface area contributed by atoms with E-state index in [1.165, 1.54) is 49.8 Å². The van der Waals surface area contributed by atoms with Crippen molar-refractivity contribution in [1.82, 2.24) is 5.32 Å². The highest BCUT2D eigenvalue weighted by molar-refractivity contribution is 5.23. The SMILES string of the molecule is CCC1(CNC(C)c2ccc(C)cc2)CCCC1. The molecule has 18 heavy (non-hydrogen) atoms. The van der Waals surface area contributed by atoms with Crippen molar-refractivity contribution in [2.75, 3.05) is 6.54 Å². The molecule has 1 fully saturated rings. The lowest BCUT2D eigenvalue weighted by Gasteiger charge is -2.30. The molecular formula is C17H27N. The van der Waals surface area contributed by atoms with Crippen LogP contribution in [0, 0.1) is 12.3 Å². The summed E-state index contributed by atoms with van der Waals surface area (Å²) in [5, 5.41) is 3.75. The lowest BCUT2D eigenvalue weighted by molar-refractivity contribution is 0.259. The van der Waals surface area contributed by atoms with Crippen molar-refractivity contribution < 1.29 is 0 Å². The minimum atomic E-state index is 0.467. The number of hydrogen-bond acceptors (Lipinski definition) is 1. The second-order valence-electron chi connectivity index (χ2n) is 6.07. The van der Waals surface area contributed by atoms with Crippen molar-refractivity contribution >= 4 is 0 Å². The second kappa shape index (κ2) is 5.88. The third kappa shape index (κ3) is 3.14. The molecule has 0 aliphatic heterocycles. The molecule has 0 saturated heterocycles. The fraction of sp³-hybridized carbons (Fsp3) is 0.647. The summed E-state index contributed by atoms with van der Waals surface area (Å²) in [7, 11) is 0. The summed E-state index contributed by atoms with van der Waals surface area (Å²) in [5.41, 5.74) is 3.33. The maximum atomic E-state index is 3.75. The fourth-order valence-corrected chi connectivity index (χ4v) is 3.12. The maximum Gasteiger partial charge on any atom is 0.0292 e. The number of nitrogens with one attached hydrogen (secondary N) is 1. The Balaban J connectivity index is 1.91. The van der Waals surface area contributed by atoms with Gasteiger partial charge in [0.2, 0.25) is 0 Å². The molecule has 1 aromatic carbocycles. The molecule has 0 aromatic heterocycles. The van der Waals surface area contributed by atoms with E-state index < -0.39 is 0 Å². The molecule has 0 heterocycles. The second-order valence-corrected chi connectivity index (χ2v) is 6.07. The van der Waals surface area contributed by atoms with Gasteiger partial charge >= 0.3 is 0 Å². The van der Waals surface area contributed by atoms with Crippen LogP contribution in [0.3, 0.4) is 0 Å². The third-order valence-corrected chi connectivity index (χ3v) is 4.77. The van der Waals surface area contributed by atoms with Gasteiger partial charge in [0.1, 0.15) is 0 Å². The van der Waals surface area contributed by atoms with Crippen LogP contribution < -0.4 is 5.32 Å². The van der Waals surface area contributed by atoms with Gasteiger partial charge in [-0.1, -0.05) is 49.6 Å². The maximum absolute atomic E-state index is 3.75. The van der Waals surface area contributed by atoms with Crippen molar-refractivity contribution in [1.29, 1.82) is 0 Å². The quantitative estimate of drug-likeness (QED) is 0.798. The van der Waals surface area contributed by atoms with Crippen LogP contribution in [0.15, 0.2) is 24.3 Å². The molecular weight excluding hydrogens is 218 g/mol. The first-order valence-corrected chi connectivity index (χ1v) is 7.45. The van der Waals surface area contributed by atoms with Crippen molar-refractivity contribution in [3.63, 3.8) is 0 Å². The fourth-order valence-electron chi connectivity index (χ4n) is 3.12. The van der Waals surface area contributed by atoms with Gasteiger partial charge in [0.15, 0.2) is 0 Å². The molecule has 1 nitrogen and oxygen atoms in total. The van der Waals surface area contributed by atoms with Crippen molar-refractivity contribution in [2.24, 2.45) is 5.41 Å². The van der Waals surface area contributed by atoms with Crippen LogP contribution in [0.25, 0.3) is 0 Å². The van der Waals surface area contributed by atoms with E-state index >= 15 is 0 Å². The largest absolute Gasteiger partial charge is 0.310 e. The molecule has 0 spiro atoms. The third-order valence-electron chi connectivity index (χ3n) is 4.77. The molecule has 100 valence electrons. The van der Waals surface area contributed by atoms with E-state index in [1.807, 2.05) is 0 Å². The van der Waals surface area contributed by atoms with Gasteiger partial charge in [0.05, 0.1) is 0 Å². The van der Waals surface area contributed by atoms with E-state index in [9.17, 15) is 0 Å². The number of hydrogen-bond donors (Lipinski definition) is 1. The Hall–Kier alpha value is -0.820. The zero-order chi connectivity index (χ0) is 13.0. The van der Waals surface area contributed by atoms with E-state index in [1.54, 1.807) is 0 Å². The lowest BCUT2D eigenvalue weighted by atomic mass is 9.83. The first-order chi connectivity index (χ1) is 8.65. The van der Waals surface area contributed by atoms with Gasteiger partial charge in [-0.25, -0.2) is 0 Å². The van der Waals surface area contributed by atoms with E-state index in [-0.39, 0.29) is 0 Å². The Labute approximate surface area is 112 Å². The molecule has 1 aliphatic rings. The number of benzene rings is 1. The highest BCUT2D eigenvalue weighted by Crippen LogP contribution is 2.40. The average molecular weight is 245 g/mol. The molecule has 0 amide bonds. The first kappa shape index (κ1) is 13.6. The molecule has 0 bridgehead atoms. The van der Waals surface area contributed by atoms with Gasteiger partial charge in [-0.05, 0) is 44.1 Å². The Morgan fingerprint density at radius 2 is 1.78 bits per heavy atom. The average Bonchev–Trinajstić information content (AvgIpc) is 2.86.